The first-order valence-corrected chi connectivity index (χ1v) is 6.24. The lowest BCUT2D eigenvalue weighted by Crippen LogP contribution is -2.17. The van der Waals surface area contributed by atoms with Gasteiger partial charge in [0, 0.05) is 5.56 Å². The van der Waals surface area contributed by atoms with Crippen LogP contribution in [0.15, 0.2) is 18.2 Å². The summed E-state index contributed by atoms with van der Waals surface area (Å²) in [5.41, 5.74) is -0.143. The van der Waals surface area contributed by atoms with E-state index in [4.69, 9.17) is 16.3 Å². The zero-order chi connectivity index (χ0) is 15.3. The summed E-state index contributed by atoms with van der Waals surface area (Å²) in [5, 5.41) is -0.912. The van der Waals surface area contributed by atoms with Crippen molar-refractivity contribution >= 4 is 23.4 Å². The molecule has 0 aromatic heterocycles. The average molecular weight is 307 g/mol. The zero-order valence-corrected chi connectivity index (χ0v) is 11.6. The monoisotopic (exact) mass is 306 g/mol. The summed E-state index contributed by atoms with van der Waals surface area (Å²) in [6.45, 7) is 0.120. The number of hydrogen-bond donors (Lipinski definition) is 0. The Morgan fingerprint density at radius 2 is 1.95 bits per heavy atom. The van der Waals surface area contributed by atoms with Gasteiger partial charge in [-0.05, 0) is 32.0 Å². The Balaban J connectivity index is 3.23. The van der Waals surface area contributed by atoms with Crippen LogP contribution in [0.1, 0.15) is 34.6 Å². The van der Waals surface area contributed by atoms with Gasteiger partial charge in [0.1, 0.15) is 5.75 Å². The number of benzene rings is 1. The molecule has 1 aromatic rings. The molecule has 1 atom stereocenters. The number of ether oxygens (including phenoxy) is 2. The Kier molecular flexibility index (Phi) is 5.88. The molecular formula is C13H13ClF2O4. The molecule has 0 N–H and O–H groups in total. The van der Waals surface area contributed by atoms with E-state index in [0.29, 0.717) is 0 Å². The topological polar surface area (TPSA) is 52.6 Å². The number of esters is 1. The Labute approximate surface area is 119 Å². The molecule has 1 aromatic carbocycles. The van der Waals surface area contributed by atoms with Crippen LogP contribution in [-0.2, 0) is 4.74 Å². The molecule has 0 heterocycles. The van der Waals surface area contributed by atoms with Crippen molar-refractivity contribution in [3.8, 4) is 5.75 Å². The van der Waals surface area contributed by atoms with Crippen molar-refractivity contribution in [2.24, 2.45) is 0 Å². The highest BCUT2D eigenvalue weighted by Gasteiger charge is 2.22. The van der Waals surface area contributed by atoms with Crippen LogP contribution in [0.2, 0.25) is 0 Å². The molecule has 7 heteroatoms. The molecule has 0 aliphatic heterocycles. The number of Topliss-reactive ketones (excluding diaryl/α,β-unsaturated/α-hetero) is 1. The smallest absolute Gasteiger partial charge is 0.387 e. The first-order valence-electron chi connectivity index (χ1n) is 5.81. The van der Waals surface area contributed by atoms with Crippen molar-refractivity contribution in [1.29, 1.82) is 0 Å². The van der Waals surface area contributed by atoms with Crippen molar-refractivity contribution < 1.29 is 27.8 Å². The van der Waals surface area contributed by atoms with E-state index in [1.54, 1.807) is 6.92 Å². The molecule has 0 aliphatic rings. The van der Waals surface area contributed by atoms with Crippen molar-refractivity contribution in [3.05, 3.63) is 29.3 Å². The Morgan fingerprint density at radius 1 is 1.30 bits per heavy atom. The number of halogens is 3. The maximum absolute atomic E-state index is 12.2. The molecule has 0 spiro atoms. The van der Waals surface area contributed by atoms with Gasteiger partial charge < -0.3 is 9.47 Å². The quantitative estimate of drug-likeness (QED) is 0.460. The molecule has 1 rings (SSSR count). The number of carbonyl (C=O) groups is 2. The lowest BCUT2D eigenvalue weighted by molar-refractivity contribution is -0.0498. The van der Waals surface area contributed by atoms with Crippen LogP contribution in [0.25, 0.3) is 0 Å². The Bertz CT molecular complexity index is 503. The molecule has 4 nitrogen and oxygen atoms in total. The fourth-order valence-electron chi connectivity index (χ4n) is 1.50. The van der Waals surface area contributed by atoms with Crippen molar-refractivity contribution in [2.45, 2.75) is 25.8 Å². The second kappa shape index (κ2) is 7.19. The third-order valence-corrected chi connectivity index (χ3v) is 2.54. The molecule has 0 saturated carbocycles. The van der Waals surface area contributed by atoms with Crippen LogP contribution in [-0.4, -0.2) is 30.3 Å². The molecule has 0 fully saturated rings. The molecule has 1 unspecified atom stereocenters. The summed E-state index contributed by atoms with van der Waals surface area (Å²) in [6.07, 6.45) is 0. The molecule has 0 saturated heterocycles. The third kappa shape index (κ3) is 4.16. The zero-order valence-electron chi connectivity index (χ0n) is 10.9. The minimum Gasteiger partial charge on any atom is -0.462 e. The van der Waals surface area contributed by atoms with E-state index >= 15 is 0 Å². The predicted octanol–water partition coefficient (Wildman–Crippen LogP) is 3.27. The lowest BCUT2D eigenvalue weighted by Gasteiger charge is -2.12. The first-order chi connectivity index (χ1) is 9.36. The highest BCUT2D eigenvalue weighted by Crippen LogP contribution is 2.23. The molecule has 110 valence electrons. The van der Waals surface area contributed by atoms with E-state index in [9.17, 15) is 18.4 Å². The molecule has 0 aliphatic carbocycles. The maximum Gasteiger partial charge on any atom is 0.387 e. The molecule has 0 bridgehead atoms. The minimum absolute atomic E-state index is 0.0361. The molecule has 0 amide bonds. The molecule has 20 heavy (non-hydrogen) atoms. The van der Waals surface area contributed by atoms with Gasteiger partial charge in [-0.25, -0.2) is 4.79 Å². The van der Waals surface area contributed by atoms with E-state index in [1.807, 2.05) is 0 Å². The van der Waals surface area contributed by atoms with Gasteiger partial charge in [-0.15, -0.1) is 11.6 Å². The second-order valence-electron chi connectivity index (χ2n) is 3.79. The summed E-state index contributed by atoms with van der Waals surface area (Å²) >= 11 is 5.68. The highest BCUT2D eigenvalue weighted by atomic mass is 35.5. The van der Waals surface area contributed by atoms with Crippen molar-refractivity contribution in [3.63, 3.8) is 0 Å². The minimum atomic E-state index is -3.03. The number of alkyl halides is 3. The van der Waals surface area contributed by atoms with Gasteiger partial charge in [0.05, 0.1) is 17.5 Å². The average Bonchev–Trinajstić information content (AvgIpc) is 2.37. The first kappa shape index (κ1) is 16.4. The van der Waals surface area contributed by atoms with E-state index in [-0.39, 0.29) is 23.5 Å². The van der Waals surface area contributed by atoms with Crippen LogP contribution < -0.4 is 4.74 Å². The van der Waals surface area contributed by atoms with Gasteiger partial charge in [0.2, 0.25) is 0 Å². The van der Waals surface area contributed by atoms with Gasteiger partial charge in [-0.3, -0.25) is 4.79 Å². The highest BCUT2D eigenvalue weighted by molar-refractivity contribution is 6.34. The van der Waals surface area contributed by atoms with Gasteiger partial charge >= 0.3 is 12.6 Å². The van der Waals surface area contributed by atoms with Gasteiger partial charge in [0.15, 0.2) is 5.78 Å². The van der Waals surface area contributed by atoms with Gasteiger partial charge in [0.25, 0.3) is 0 Å². The summed E-state index contributed by atoms with van der Waals surface area (Å²) in [5.74, 6) is -1.53. The second-order valence-corrected chi connectivity index (χ2v) is 4.44. The van der Waals surface area contributed by atoms with Crippen LogP contribution >= 0.6 is 11.6 Å². The van der Waals surface area contributed by atoms with Crippen molar-refractivity contribution in [2.75, 3.05) is 6.61 Å². The summed E-state index contributed by atoms with van der Waals surface area (Å²) in [6, 6.07) is 3.41. The Hall–Kier alpha value is -1.69. The normalized spacial score (nSPS) is 12.1. The summed E-state index contributed by atoms with van der Waals surface area (Å²) in [7, 11) is 0. The molecule has 0 radical (unpaired) electrons. The van der Waals surface area contributed by atoms with Crippen LogP contribution in [0.4, 0.5) is 8.78 Å². The number of rotatable bonds is 6. The fraction of sp³-hybridized carbons (Fsp3) is 0.385. The van der Waals surface area contributed by atoms with Gasteiger partial charge in [-0.2, -0.15) is 8.78 Å². The standard InChI is InChI=1S/C13H13ClF2O4/c1-3-19-12(18)9-5-4-8(20-13(15)16)6-10(9)11(17)7(2)14/h4-7,13H,3H2,1-2H3. The SMILES string of the molecule is CCOC(=O)c1ccc(OC(F)F)cc1C(=O)C(C)Cl. The number of ketones is 1. The van der Waals surface area contributed by atoms with Crippen LogP contribution in [0.3, 0.4) is 0 Å². The van der Waals surface area contributed by atoms with E-state index in [1.165, 1.54) is 13.0 Å². The largest absolute Gasteiger partial charge is 0.462 e. The maximum atomic E-state index is 12.2. The van der Waals surface area contributed by atoms with E-state index in [0.717, 1.165) is 12.1 Å². The number of hydrogen-bond acceptors (Lipinski definition) is 4. The predicted molar refractivity (Wildman–Crippen MR) is 68.7 cm³/mol. The van der Waals surface area contributed by atoms with Crippen LogP contribution in [0, 0.1) is 0 Å². The summed E-state index contributed by atoms with van der Waals surface area (Å²) < 4.78 is 33.3. The Morgan fingerprint density at radius 3 is 2.45 bits per heavy atom. The number of carbonyl (C=O) groups excluding carboxylic acids is 2. The van der Waals surface area contributed by atoms with E-state index in [2.05, 4.69) is 4.74 Å². The van der Waals surface area contributed by atoms with E-state index < -0.39 is 23.7 Å². The molecular weight excluding hydrogens is 294 g/mol. The van der Waals surface area contributed by atoms with Gasteiger partial charge in [-0.1, -0.05) is 0 Å². The fourth-order valence-corrected chi connectivity index (χ4v) is 1.62. The lowest BCUT2D eigenvalue weighted by atomic mass is 10.0. The van der Waals surface area contributed by atoms with Crippen LogP contribution in [0.5, 0.6) is 5.75 Å². The third-order valence-electron chi connectivity index (χ3n) is 2.34. The summed E-state index contributed by atoms with van der Waals surface area (Å²) in [4.78, 5) is 23.6. The van der Waals surface area contributed by atoms with Crippen molar-refractivity contribution in [1.82, 2.24) is 0 Å².